The standard InChI is InChI=1S/C14H17BrN4O2/c15-10-5-3-8(4-6-10)11-7-12(17-16-11)14(21)19-18-13(20)9-1-2-9/h3-6,9,11-12,16-17H,1-2,7H2,(H,18,20)(H,19,21). The zero-order valence-corrected chi connectivity index (χ0v) is 12.9. The number of hydrogen-bond acceptors (Lipinski definition) is 4. The fourth-order valence-electron chi connectivity index (χ4n) is 2.30. The first kappa shape index (κ1) is 14.5. The van der Waals surface area contributed by atoms with Gasteiger partial charge in [0.2, 0.25) is 5.91 Å². The van der Waals surface area contributed by atoms with Crippen molar-refractivity contribution >= 4 is 27.7 Å². The number of hydrazine groups is 2. The Kier molecular flexibility index (Phi) is 4.23. The van der Waals surface area contributed by atoms with Crippen molar-refractivity contribution in [2.75, 3.05) is 0 Å². The van der Waals surface area contributed by atoms with Crippen molar-refractivity contribution in [3.8, 4) is 0 Å². The van der Waals surface area contributed by atoms with E-state index in [1.54, 1.807) is 0 Å². The SMILES string of the molecule is O=C(NNC(=O)C1CC(c2ccc(Br)cc2)NN1)C1CC1. The van der Waals surface area contributed by atoms with Gasteiger partial charge in [-0.25, -0.2) is 10.9 Å². The van der Waals surface area contributed by atoms with Crippen LogP contribution in [-0.2, 0) is 9.59 Å². The van der Waals surface area contributed by atoms with Crippen LogP contribution in [0.15, 0.2) is 28.7 Å². The van der Waals surface area contributed by atoms with Crippen molar-refractivity contribution in [1.29, 1.82) is 0 Å². The molecule has 1 heterocycles. The van der Waals surface area contributed by atoms with E-state index in [0.29, 0.717) is 6.42 Å². The number of rotatable bonds is 3. The Hall–Kier alpha value is -1.44. The van der Waals surface area contributed by atoms with Gasteiger partial charge in [-0.2, -0.15) is 0 Å². The van der Waals surface area contributed by atoms with E-state index in [1.165, 1.54) is 0 Å². The van der Waals surface area contributed by atoms with E-state index in [9.17, 15) is 9.59 Å². The van der Waals surface area contributed by atoms with Crippen LogP contribution in [0, 0.1) is 5.92 Å². The fourth-order valence-corrected chi connectivity index (χ4v) is 2.56. The third-order valence-corrected chi connectivity index (χ3v) is 4.28. The molecule has 7 heteroatoms. The van der Waals surface area contributed by atoms with Crippen LogP contribution in [0.3, 0.4) is 0 Å². The summed E-state index contributed by atoms with van der Waals surface area (Å²) in [5.74, 6) is -0.245. The predicted octanol–water partition coefficient (Wildman–Crippen LogP) is 0.914. The van der Waals surface area contributed by atoms with Crippen molar-refractivity contribution in [3.63, 3.8) is 0 Å². The molecule has 2 aliphatic rings. The van der Waals surface area contributed by atoms with E-state index in [1.807, 2.05) is 24.3 Å². The normalized spacial score (nSPS) is 24.6. The van der Waals surface area contributed by atoms with Crippen molar-refractivity contribution in [3.05, 3.63) is 34.3 Å². The summed E-state index contributed by atoms with van der Waals surface area (Å²) in [6, 6.07) is 7.68. The monoisotopic (exact) mass is 352 g/mol. The molecule has 2 unspecified atom stereocenters. The quantitative estimate of drug-likeness (QED) is 0.609. The van der Waals surface area contributed by atoms with E-state index in [-0.39, 0.29) is 29.8 Å². The first-order valence-electron chi connectivity index (χ1n) is 6.99. The zero-order chi connectivity index (χ0) is 14.8. The molecule has 1 saturated heterocycles. The van der Waals surface area contributed by atoms with Gasteiger partial charge in [-0.15, -0.1) is 0 Å². The summed E-state index contributed by atoms with van der Waals surface area (Å²) in [6.07, 6.45) is 2.46. The lowest BCUT2D eigenvalue weighted by molar-refractivity contribution is -0.130. The second-order valence-corrected chi connectivity index (χ2v) is 6.35. The summed E-state index contributed by atoms with van der Waals surface area (Å²) in [4.78, 5) is 23.5. The number of hydrogen-bond donors (Lipinski definition) is 4. The van der Waals surface area contributed by atoms with Crippen LogP contribution in [0.2, 0.25) is 0 Å². The van der Waals surface area contributed by atoms with E-state index in [4.69, 9.17) is 0 Å². The lowest BCUT2D eigenvalue weighted by Crippen LogP contribution is -2.50. The molecule has 112 valence electrons. The average molecular weight is 353 g/mol. The molecule has 21 heavy (non-hydrogen) atoms. The Labute approximate surface area is 131 Å². The van der Waals surface area contributed by atoms with Gasteiger partial charge in [0.25, 0.3) is 5.91 Å². The second kappa shape index (κ2) is 6.13. The van der Waals surface area contributed by atoms with Crippen LogP contribution in [-0.4, -0.2) is 17.9 Å². The van der Waals surface area contributed by atoms with Gasteiger partial charge in [0.05, 0.1) is 0 Å². The summed E-state index contributed by atoms with van der Waals surface area (Å²) in [7, 11) is 0. The van der Waals surface area contributed by atoms with Gasteiger partial charge in [-0.05, 0) is 37.0 Å². The van der Waals surface area contributed by atoms with E-state index < -0.39 is 0 Å². The third-order valence-electron chi connectivity index (χ3n) is 3.75. The first-order chi connectivity index (χ1) is 10.1. The van der Waals surface area contributed by atoms with Crippen molar-refractivity contribution in [2.45, 2.75) is 31.3 Å². The number of benzene rings is 1. The number of carbonyl (C=O) groups excluding carboxylic acids is 2. The van der Waals surface area contributed by atoms with Gasteiger partial charge in [0.1, 0.15) is 6.04 Å². The third kappa shape index (κ3) is 3.61. The lowest BCUT2D eigenvalue weighted by atomic mass is 10.0. The molecule has 1 aliphatic carbocycles. The van der Waals surface area contributed by atoms with E-state index in [0.717, 1.165) is 22.9 Å². The second-order valence-electron chi connectivity index (χ2n) is 5.43. The van der Waals surface area contributed by atoms with Crippen LogP contribution in [0.1, 0.15) is 30.9 Å². The number of amides is 2. The highest BCUT2D eigenvalue weighted by molar-refractivity contribution is 9.10. The van der Waals surface area contributed by atoms with Crippen molar-refractivity contribution in [2.24, 2.45) is 5.92 Å². The maximum absolute atomic E-state index is 12.0. The van der Waals surface area contributed by atoms with Crippen LogP contribution >= 0.6 is 15.9 Å². The molecule has 1 aromatic rings. The summed E-state index contributed by atoms with van der Waals surface area (Å²) in [5, 5.41) is 0. The topological polar surface area (TPSA) is 82.3 Å². The fraction of sp³-hybridized carbons (Fsp3) is 0.429. The van der Waals surface area contributed by atoms with Crippen LogP contribution < -0.4 is 21.7 Å². The van der Waals surface area contributed by atoms with Gasteiger partial charge < -0.3 is 0 Å². The average Bonchev–Trinajstić information content (AvgIpc) is 3.23. The van der Waals surface area contributed by atoms with Crippen LogP contribution in [0.25, 0.3) is 0 Å². The molecule has 0 radical (unpaired) electrons. The Bertz CT molecular complexity index is 544. The zero-order valence-electron chi connectivity index (χ0n) is 11.4. The minimum Gasteiger partial charge on any atom is -0.273 e. The molecule has 2 amide bonds. The predicted molar refractivity (Wildman–Crippen MR) is 80.6 cm³/mol. The minimum atomic E-state index is -0.363. The Morgan fingerprint density at radius 2 is 1.71 bits per heavy atom. The molecule has 1 aliphatic heterocycles. The molecule has 1 aromatic carbocycles. The smallest absolute Gasteiger partial charge is 0.256 e. The van der Waals surface area contributed by atoms with Gasteiger partial charge in [0, 0.05) is 16.4 Å². The number of carbonyl (C=O) groups is 2. The van der Waals surface area contributed by atoms with Crippen molar-refractivity contribution < 1.29 is 9.59 Å². The van der Waals surface area contributed by atoms with Gasteiger partial charge in [-0.3, -0.25) is 20.4 Å². The molecule has 0 aromatic heterocycles. The molecule has 0 spiro atoms. The highest BCUT2D eigenvalue weighted by Crippen LogP contribution is 2.28. The van der Waals surface area contributed by atoms with Gasteiger partial charge in [-0.1, -0.05) is 28.1 Å². The molecule has 2 fully saturated rings. The maximum atomic E-state index is 12.0. The molecule has 0 bridgehead atoms. The summed E-state index contributed by atoms with van der Waals surface area (Å²) < 4.78 is 1.02. The summed E-state index contributed by atoms with van der Waals surface area (Å²) in [6.45, 7) is 0. The minimum absolute atomic E-state index is 0.0768. The lowest BCUT2D eigenvalue weighted by Gasteiger charge is -2.11. The molecule has 4 N–H and O–H groups in total. The molecule has 3 rings (SSSR count). The van der Waals surface area contributed by atoms with Gasteiger partial charge >= 0.3 is 0 Å². The maximum Gasteiger partial charge on any atom is 0.256 e. The molecular formula is C14H17BrN4O2. The summed E-state index contributed by atoms with van der Waals surface area (Å²) in [5.41, 5.74) is 12.1. The Morgan fingerprint density at radius 1 is 1.05 bits per heavy atom. The van der Waals surface area contributed by atoms with Crippen LogP contribution in [0.4, 0.5) is 0 Å². The number of nitrogens with one attached hydrogen (secondary N) is 4. The Morgan fingerprint density at radius 3 is 2.38 bits per heavy atom. The van der Waals surface area contributed by atoms with Gasteiger partial charge in [0.15, 0.2) is 0 Å². The largest absolute Gasteiger partial charge is 0.273 e. The Balaban J connectivity index is 1.50. The number of halogens is 1. The van der Waals surface area contributed by atoms with E-state index in [2.05, 4.69) is 37.6 Å². The van der Waals surface area contributed by atoms with Crippen LogP contribution in [0.5, 0.6) is 0 Å². The molecule has 2 atom stereocenters. The molecule has 1 saturated carbocycles. The highest BCUT2D eigenvalue weighted by atomic mass is 79.9. The van der Waals surface area contributed by atoms with Crippen molar-refractivity contribution in [1.82, 2.24) is 21.7 Å². The molecule has 6 nitrogen and oxygen atoms in total. The van der Waals surface area contributed by atoms with E-state index >= 15 is 0 Å². The first-order valence-corrected chi connectivity index (χ1v) is 7.79. The molecular weight excluding hydrogens is 336 g/mol. The highest BCUT2D eigenvalue weighted by Gasteiger charge is 2.32. The summed E-state index contributed by atoms with van der Waals surface area (Å²) >= 11 is 3.40.